The predicted molar refractivity (Wildman–Crippen MR) is 102 cm³/mol. The van der Waals surface area contributed by atoms with Crippen LogP contribution in [0.15, 0.2) is 70.9 Å². The number of hydrogen-bond donors (Lipinski definition) is 1. The average molecular weight is 384 g/mol. The molecule has 0 amide bonds. The van der Waals surface area contributed by atoms with E-state index in [0.29, 0.717) is 18.8 Å². The molecular formula is C18H16N4O2S2. The van der Waals surface area contributed by atoms with Gasteiger partial charge in [-0.3, -0.25) is 0 Å². The Morgan fingerprint density at radius 2 is 1.69 bits per heavy atom. The van der Waals surface area contributed by atoms with Crippen LogP contribution in [0.5, 0.6) is 0 Å². The highest BCUT2D eigenvalue weighted by Crippen LogP contribution is 2.20. The second-order valence-corrected chi connectivity index (χ2v) is 8.29. The van der Waals surface area contributed by atoms with Gasteiger partial charge in [0.05, 0.1) is 10.6 Å². The molecule has 0 saturated carbocycles. The maximum absolute atomic E-state index is 12.3. The van der Waals surface area contributed by atoms with Crippen LogP contribution in [0.25, 0.3) is 16.3 Å². The lowest BCUT2D eigenvalue weighted by atomic mass is 10.2. The second-order valence-electron chi connectivity index (χ2n) is 5.68. The van der Waals surface area contributed by atoms with Crippen LogP contribution in [0.2, 0.25) is 0 Å². The Balaban J connectivity index is 1.49. The molecule has 2 aromatic carbocycles. The fourth-order valence-corrected chi connectivity index (χ4v) is 4.51. The van der Waals surface area contributed by atoms with E-state index in [9.17, 15) is 8.42 Å². The molecule has 8 heteroatoms. The van der Waals surface area contributed by atoms with E-state index in [2.05, 4.69) is 14.8 Å². The maximum atomic E-state index is 12.3. The summed E-state index contributed by atoms with van der Waals surface area (Å²) in [5.41, 5.74) is 1.88. The van der Waals surface area contributed by atoms with Crippen LogP contribution in [-0.4, -0.2) is 29.6 Å². The van der Waals surface area contributed by atoms with E-state index in [1.807, 2.05) is 35.7 Å². The zero-order valence-electron chi connectivity index (χ0n) is 13.7. The number of hydrogen-bond acceptors (Lipinski definition) is 5. The molecule has 0 radical (unpaired) electrons. The van der Waals surface area contributed by atoms with E-state index in [4.69, 9.17) is 0 Å². The molecule has 0 aliphatic rings. The first kappa shape index (κ1) is 16.9. The van der Waals surface area contributed by atoms with Crippen LogP contribution in [-0.2, 0) is 16.4 Å². The zero-order valence-corrected chi connectivity index (χ0v) is 15.4. The smallest absolute Gasteiger partial charge is 0.211 e. The van der Waals surface area contributed by atoms with Crippen molar-refractivity contribution < 1.29 is 8.42 Å². The lowest BCUT2D eigenvalue weighted by Gasteiger charge is -2.06. The summed E-state index contributed by atoms with van der Waals surface area (Å²) in [5.74, 6) is 0.670. The Bertz CT molecular complexity index is 1120. The first-order valence-corrected chi connectivity index (χ1v) is 10.4. The van der Waals surface area contributed by atoms with Crippen molar-refractivity contribution >= 4 is 26.3 Å². The van der Waals surface area contributed by atoms with Crippen molar-refractivity contribution in [1.82, 2.24) is 19.3 Å². The molecule has 0 unspecified atom stereocenters. The molecule has 0 fully saturated rings. The first-order chi connectivity index (χ1) is 12.6. The van der Waals surface area contributed by atoms with Gasteiger partial charge in [0.1, 0.15) is 0 Å². The van der Waals surface area contributed by atoms with Crippen molar-refractivity contribution in [2.24, 2.45) is 0 Å². The zero-order chi connectivity index (χ0) is 18.0. The van der Waals surface area contributed by atoms with Crippen molar-refractivity contribution in [3.8, 4) is 11.4 Å². The van der Waals surface area contributed by atoms with Crippen molar-refractivity contribution in [2.45, 2.75) is 11.3 Å². The molecule has 2 aromatic heterocycles. The summed E-state index contributed by atoms with van der Waals surface area (Å²) in [5, 5.41) is 6.51. The number of aromatic nitrogens is 3. The summed E-state index contributed by atoms with van der Waals surface area (Å²) < 4.78 is 29.0. The van der Waals surface area contributed by atoms with Gasteiger partial charge in [0.15, 0.2) is 5.82 Å². The molecule has 1 N–H and O–H groups in total. The summed E-state index contributed by atoms with van der Waals surface area (Å²) in [4.78, 5) is 5.60. The molecule has 26 heavy (non-hydrogen) atoms. The normalized spacial score (nSPS) is 11.8. The monoisotopic (exact) mass is 384 g/mol. The molecular weight excluding hydrogens is 368 g/mol. The van der Waals surface area contributed by atoms with Gasteiger partial charge in [-0.1, -0.05) is 48.5 Å². The van der Waals surface area contributed by atoms with E-state index >= 15 is 0 Å². The maximum Gasteiger partial charge on any atom is 0.240 e. The molecule has 6 nitrogen and oxygen atoms in total. The first-order valence-electron chi connectivity index (χ1n) is 8.07. The van der Waals surface area contributed by atoms with E-state index in [-0.39, 0.29) is 4.90 Å². The van der Waals surface area contributed by atoms with Gasteiger partial charge < -0.3 is 0 Å². The summed E-state index contributed by atoms with van der Waals surface area (Å²) >= 11 is 1.50. The SMILES string of the molecule is O=S(=O)(NCCc1csc2nc(-c3ccccc3)nn12)c1ccccc1. The van der Waals surface area contributed by atoms with Crippen LogP contribution < -0.4 is 4.72 Å². The highest BCUT2D eigenvalue weighted by Gasteiger charge is 2.14. The number of sulfonamides is 1. The minimum absolute atomic E-state index is 0.266. The Labute approximate surface area is 155 Å². The molecule has 0 aliphatic carbocycles. The Morgan fingerprint density at radius 3 is 2.42 bits per heavy atom. The molecule has 2 heterocycles. The Morgan fingerprint density at radius 1 is 1.00 bits per heavy atom. The number of benzene rings is 2. The summed E-state index contributed by atoms with van der Waals surface area (Å²) in [6, 6.07) is 18.1. The quantitative estimate of drug-likeness (QED) is 0.554. The molecule has 4 rings (SSSR count). The van der Waals surface area contributed by atoms with Crippen LogP contribution in [0.4, 0.5) is 0 Å². The topological polar surface area (TPSA) is 76.4 Å². The van der Waals surface area contributed by atoms with Crippen LogP contribution in [0.3, 0.4) is 0 Å². The highest BCUT2D eigenvalue weighted by molar-refractivity contribution is 7.89. The summed E-state index contributed by atoms with van der Waals surface area (Å²) in [7, 11) is -3.50. The molecule has 0 spiro atoms. The predicted octanol–water partition coefficient (Wildman–Crippen LogP) is 2.98. The van der Waals surface area contributed by atoms with Crippen molar-refractivity contribution in [2.75, 3.05) is 6.54 Å². The highest BCUT2D eigenvalue weighted by atomic mass is 32.2. The molecule has 132 valence electrons. The largest absolute Gasteiger partial charge is 0.240 e. The average Bonchev–Trinajstić information content (AvgIpc) is 3.25. The Hall–Kier alpha value is -2.55. The lowest BCUT2D eigenvalue weighted by Crippen LogP contribution is -2.26. The number of rotatable bonds is 6. The number of nitrogens with one attached hydrogen (secondary N) is 1. The fraction of sp³-hybridized carbons (Fsp3) is 0.111. The van der Waals surface area contributed by atoms with Gasteiger partial charge >= 0.3 is 0 Å². The van der Waals surface area contributed by atoms with Gasteiger partial charge in [0.2, 0.25) is 15.0 Å². The molecule has 4 aromatic rings. The third-order valence-electron chi connectivity index (χ3n) is 3.91. The van der Waals surface area contributed by atoms with Gasteiger partial charge in [-0.05, 0) is 12.1 Å². The van der Waals surface area contributed by atoms with Gasteiger partial charge in [0.25, 0.3) is 0 Å². The van der Waals surface area contributed by atoms with E-state index in [1.54, 1.807) is 34.8 Å². The van der Waals surface area contributed by atoms with Crippen LogP contribution in [0, 0.1) is 0 Å². The number of nitrogens with zero attached hydrogens (tertiary/aromatic N) is 3. The third kappa shape index (κ3) is 3.39. The van der Waals surface area contributed by atoms with Gasteiger partial charge in [0, 0.05) is 23.9 Å². The van der Waals surface area contributed by atoms with Gasteiger partial charge in [-0.15, -0.1) is 16.4 Å². The van der Waals surface area contributed by atoms with Gasteiger partial charge in [-0.25, -0.2) is 17.7 Å². The molecule has 0 saturated heterocycles. The van der Waals surface area contributed by atoms with E-state index < -0.39 is 10.0 Å². The standard InChI is InChI=1S/C18H16N4O2S2/c23-26(24,16-9-5-2-6-10-16)19-12-11-15-13-25-18-20-17(21-22(15)18)14-7-3-1-4-8-14/h1-10,13,19H,11-12H2. The molecule has 0 bridgehead atoms. The second kappa shape index (κ2) is 6.99. The fourth-order valence-electron chi connectivity index (χ4n) is 2.60. The van der Waals surface area contributed by atoms with Crippen molar-refractivity contribution in [3.63, 3.8) is 0 Å². The summed E-state index contributed by atoms with van der Waals surface area (Å²) in [6.45, 7) is 0.295. The van der Waals surface area contributed by atoms with Crippen molar-refractivity contribution in [1.29, 1.82) is 0 Å². The Kier molecular flexibility index (Phi) is 4.54. The van der Waals surface area contributed by atoms with Gasteiger partial charge in [-0.2, -0.15) is 4.98 Å². The molecule has 0 atom stereocenters. The van der Waals surface area contributed by atoms with Crippen LogP contribution in [0.1, 0.15) is 5.69 Å². The van der Waals surface area contributed by atoms with E-state index in [1.165, 1.54) is 11.3 Å². The summed E-state index contributed by atoms with van der Waals surface area (Å²) in [6.07, 6.45) is 0.531. The third-order valence-corrected chi connectivity index (χ3v) is 6.25. The minimum Gasteiger partial charge on any atom is -0.211 e. The number of thiazole rings is 1. The lowest BCUT2D eigenvalue weighted by molar-refractivity contribution is 0.581. The van der Waals surface area contributed by atoms with E-state index in [0.717, 1.165) is 16.2 Å². The van der Waals surface area contributed by atoms with Crippen LogP contribution >= 0.6 is 11.3 Å². The van der Waals surface area contributed by atoms with Crippen molar-refractivity contribution in [3.05, 3.63) is 71.7 Å². The number of fused-ring (bicyclic) bond motifs is 1. The molecule has 0 aliphatic heterocycles. The minimum atomic E-state index is -3.50.